The minimum Gasteiger partial charge on any atom is -0.326 e. The summed E-state index contributed by atoms with van der Waals surface area (Å²) in [6.07, 6.45) is 4.00. The number of hydrogen-bond donors (Lipinski definition) is 1. The summed E-state index contributed by atoms with van der Waals surface area (Å²) in [6.45, 7) is 0. The van der Waals surface area contributed by atoms with E-state index in [4.69, 9.17) is 0 Å². The Kier molecular flexibility index (Phi) is 4.69. The van der Waals surface area contributed by atoms with Gasteiger partial charge in [0.2, 0.25) is 5.91 Å². The minimum absolute atomic E-state index is 0.0170. The second-order valence-corrected chi connectivity index (χ2v) is 6.51. The molecule has 0 aliphatic rings. The Morgan fingerprint density at radius 1 is 1.26 bits per heavy atom. The molecular weight excluding hydrogens is 306 g/mol. The molecule has 0 saturated carbocycles. The van der Waals surface area contributed by atoms with Crippen LogP contribution in [0.15, 0.2) is 53.5 Å². The summed E-state index contributed by atoms with van der Waals surface area (Å²) in [5, 5.41) is 9.27. The summed E-state index contributed by atoms with van der Waals surface area (Å²) in [6, 6.07) is 9.97. The summed E-state index contributed by atoms with van der Waals surface area (Å²) in [5.74, 6) is 0.0170. The van der Waals surface area contributed by atoms with Crippen molar-refractivity contribution in [2.24, 2.45) is 0 Å². The first-order valence-corrected chi connectivity index (χ1v) is 8.40. The van der Waals surface area contributed by atoms with Gasteiger partial charge in [-0.05, 0) is 60.1 Å². The van der Waals surface area contributed by atoms with Gasteiger partial charge in [0, 0.05) is 35.9 Å². The fourth-order valence-corrected chi connectivity index (χ4v) is 3.32. The molecule has 1 aromatic carbocycles. The highest BCUT2D eigenvalue weighted by Crippen LogP contribution is 2.25. The fourth-order valence-electron chi connectivity index (χ4n) is 2.61. The molecule has 0 unspecified atom stereocenters. The highest BCUT2D eigenvalue weighted by molar-refractivity contribution is 7.08. The number of fused-ring (bicyclic) bond motifs is 1. The van der Waals surface area contributed by atoms with Crippen molar-refractivity contribution in [3.05, 3.63) is 59.0 Å². The number of rotatable bonds is 5. The van der Waals surface area contributed by atoms with Crippen LogP contribution in [0.2, 0.25) is 0 Å². The number of benzene rings is 1. The Morgan fingerprint density at radius 3 is 2.87 bits per heavy atom. The van der Waals surface area contributed by atoms with Crippen LogP contribution >= 0.6 is 11.3 Å². The van der Waals surface area contributed by atoms with E-state index in [1.165, 1.54) is 5.56 Å². The van der Waals surface area contributed by atoms with E-state index in [0.29, 0.717) is 6.42 Å². The summed E-state index contributed by atoms with van der Waals surface area (Å²) >= 11 is 1.65. The number of carbonyl (C=O) groups is 1. The SMILES string of the molecule is CN(C)[C@@H](CC(=O)Nc1ccc2cnccc2c1)c1ccsc1. The third kappa shape index (κ3) is 3.75. The number of aromatic nitrogens is 1. The van der Waals surface area contributed by atoms with Crippen molar-refractivity contribution in [2.45, 2.75) is 12.5 Å². The average Bonchev–Trinajstić information content (AvgIpc) is 3.06. The molecular formula is C18H19N3OS. The van der Waals surface area contributed by atoms with Gasteiger partial charge in [-0.15, -0.1) is 0 Å². The van der Waals surface area contributed by atoms with Crippen LogP contribution in [-0.2, 0) is 4.79 Å². The number of amides is 1. The van der Waals surface area contributed by atoms with Gasteiger partial charge in [0.1, 0.15) is 0 Å². The molecule has 0 bridgehead atoms. The fraction of sp³-hybridized carbons (Fsp3) is 0.222. The zero-order chi connectivity index (χ0) is 16.2. The summed E-state index contributed by atoms with van der Waals surface area (Å²) in [5.41, 5.74) is 2.00. The van der Waals surface area contributed by atoms with Crippen molar-refractivity contribution < 1.29 is 4.79 Å². The van der Waals surface area contributed by atoms with Crippen molar-refractivity contribution in [2.75, 3.05) is 19.4 Å². The van der Waals surface area contributed by atoms with E-state index in [0.717, 1.165) is 16.5 Å². The van der Waals surface area contributed by atoms with Gasteiger partial charge in [-0.2, -0.15) is 11.3 Å². The molecule has 2 aromatic heterocycles. The van der Waals surface area contributed by atoms with E-state index in [1.54, 1.807) is 17.5 Å². The number of nitrogens with zero attached hydrogens (tertiary/aromatic N) is 2. The lowest BCUT2D eigenvalue weighted by atomic mass is 10.1. The lowest BCUT2D eigenvalue weighted by Gasteiger charge is -2.23. The molecule has 0 aliphatic carbocycles. The van der Waals surface area contributed by atoms with Crippen molar-refractivity contribution in [3.63, 3.8) is 0 Å². The van der Waals surface area contributed by atoms with Gasteiger partial charge in [0.05, 0.1) is 0 Å². The highest BCUT2D eigenvalue weighted by atomic mass is 32.1. The van der Waals surface area contributed by atoms with E-state index in [-0.39, 0.29) is 11.9 Å². The third-order valence-electron chi connectivity index (χ3n) is 3.85. The van der Waals surface area contributed by atoms with Gasteiger partial charge in [-0.25, -0.2) is 0 Å². The maximum Gasteiger partial charge on any atom is 0.226 e. The Labute approximate surface area is 139 Å². The average molecular weight is 325 g/mol. The predicted octanol–water partition coefficient (Wildman–Crippen LogP) is 3.93. The molecule has 1 N–H and O–H groups in total. The van der Waals surface area contributed by atoms with E-state index >= 15 is 0 Å². The lowest BCUT2D eigenvalue weighted by Crippen LogP contribution is -2.25. The van der Waals surface area contributed by atoms with Crippen molar-refractivity contribution in [3.8, 4) is 0 Å². The molecule has 0 spiro atoms. The van der Waals surface area contributed by atoms with Gasteiger partial charge < -0.3 is 10.2 Å². The second-order valence-electron chi connectivity index (χ2n) is 5.73. The van der Waals surface area contributed by atoms with Crippen LogP contribution in [0, 0.1) is 0 Å². The maximum absolute atomic E-state index is 12.4. The molecule has 1 amide bonds. The number of nitrogens with one attached hydrogen (secondary N) is 1. The first-order chi connectivity index (χ1) is 11.1. The van der Waals surface area contributed by atoms with Gasteiger partial charge in [-0.3, -0.25) is 9.78 Å². The van der Waals surface area contributed by atoms with Crippen molar-refractivity contribution >= 4 is 33.7 Å². The van der Waals surface area contributed by atoms with Crippen LogP contribution in [-0.4, -0.2) is 29.9 Å². The molecule has 2 heterocycles. The molecule has 0 fully saturated rings. The van der Waals surface area contributed by atoms with Gasteiger partial charge >= 0.3 is 0 Å². The lowest BCUT2D eigenvalue weighted by molar-refractivity contribution is -0.117. The maximum atomic E-state index is 12.4. The molecule has 5 heteroatoms. The molecule has 3 aromatic rings. The van der Waals surface area contributed by atoms with Gasteiger partial charge in [0.25, 0.3) is 0 Å². The van der Waals surface area contributed by atoms with Crippen molar-refractivity contribution in [1.82, 2.24) is 9.88 Å². The smallest absolute Gasteiger partial charge is 0.226 e. The normalized spacial score (nSPS) is 12.5. The summed E-state index contributed by atoms with van der Waals surface area (Å²) in [4.78, 5) is 18.6. The van der Waals surface area contributed by atoms with E-state index in [1.807, 2.05) is 49.9 Å². The Morgan fingerprint density at radius 2 is 2.13 bits per heavy atom. The molecule has 1 atom stereocenters. The first-order valence-electron chi connectivity index (χ1n) is 7.45. The zero-order valence-electron chi connectivity index (χ0n) is 13.2. The van der Waals surface area contributed by atoms with Crippen LogP contribution in [0.25, 0.3) is 10.8 Å². The predicted molar refractivity (Wildman–Crippen MR) is 95.7 cm³/mol. The number of thiophene rings is 1. The van der Waals surface area contributed by atoms with Gasteiger partial charge in [-0.1, -0.05) is 6.07 Å². The number of carbonyl (C=O) groups excluding carboxylic acids is 1. The Bertz CT molecular complexity index is 799. The quantitative estimate of drug-likeness (QED) is 0.773. The Balaban J connectivity index is 1.72. The third-order valence-corrected chi connectivity index (χ3v) is 4.56. The van der Waals surface area contributed by atoms with Crippen LogP contribution in [0.3, 0.4) is 0 Å². The molecule has 0 radical (unpaired) electrons. The minimum atomic E-state index is 0.0170. The highest BCUT2D eigenvalue weighted by Gasteiger charge is 2.18. The Hall–Kier alpha value is -2.24. The standard InChI is InChI=1S/C18H19N3OS/c1-21(2)17(15-6-8-23-12-15)10-18(22)20-16-4-3-14-11-19-7-5-13(14)9-16/h3-9,11-12,17H,10H2,1-2H3,(H,20,22)/t17-/m0/s1. The number of hydrogen-bond acceptors (Lipinski definition) is 4. The molecule has 0 aliphatic heterocycles. The molecule has 118 valence electrons. The molecule has 3 rings (SSSR count). The number of pyridine rings is 1. The van der Waals surface area contributed by atoms with Gasteiger partial charge in [0.15, 0.2) is 0 Å². The summed E-state index contributed by atoms with van der Waals surface area (Å²) < 4.78 is 0. The van der Waals surface area contributed by atoms with Crippen LogP contribution in [0.1, 0.15) is 18.0 Å². The monoisotopic (exact) mass is 325 g/mol. The largest absolute Gasteiger partial charge is 0.326 e. The molecule has 0 saturated heterocycles. The van der Waals surface area contributed by atoms with E-state index in [2.05, 4.69) is 26.6 Å². The van der Waals surface area contributed by atoms with E-state index in [9.17, 15) is 4.79 Å². The first kappa shape index (κ1) is 15.6. The molecule has 4 nitrogen and oxygen atoms in total. The van der Waals surface area contributed by atoms with Crippen LogP contribution in [0.4, 0.5) is 5.69 Å². The zero-order valence-corrected chi connectivity index (χ0v) is 14.0. The topological polar surface area (TPSA) is 45.2 Å². The van der Waals surface area contributed by atoms with Crippen LogP contribution in [0.5, 0.6) is 0 Å². The number of anilines is 1. The van der Waals surface area contributed by atoms with Crippen LogP contribution < -0.4 is 5.32 Å². The summed E-state index contributed by atoms with van der Waals surface area (Å²) in [7, 11) is 4.00. The van der Waals surface area contributed by atoms with Crippen molar-refractivity contribution in [1.29, 1.82) is 0 Å². The molecule has 23 heavy (non-hydrogen) atoms. The van der Waals surface area contributed by atoms with E-state index < -0.39 is 0 Å². The second kappa shape index (κ2) is 6.89.